The van der Waals surface area contributed by atoms with Crippen LogP contribution in [-0.2, 0) is 0 Å². The van der Waals surface area contributed by atoms with Crippen molar-refractivity contribution in [3.8, 4) is 17.1 Å². The van der Waals surface area contributed by atoms with Crippen LogP contribution in [0.5, 0.6) is 0 Å². The number of benzene rings is 1. The lowest BCUT2D eigenvalue weighted by Gasteiger charge is -2.01. The van der Waals surface area contributed by atoms with Crippen LogP contribution in [-0.4, -0.2) is 14.8 Å². The maximum absolute atomic E-state index is 12.3. The highest BCUT2D eigenvalue weighted by Crippen LogP contribution is 2.19. The SMILES string of the molecule is Cc1c(-c2ccccc2)[nH]n(-c2ccc(Br)cn2)c1=O. The maximum Gasteiger partial charge on any atom is 0.276 e. The zero-order valence-corrected chi connectivity index (χ0v) is 12.4. The number of nitrogens with zero attached hydrogens (tertiary/aromatic N) is 2. The zero-order chi connectivity index (χ0) is 14.1. The Morgan fingerprint density at radius 2 is 1.90 bits per heavy atom. The Balaban J connectivity index is 2.16. The second kappa shape index (κ2) is 5.09. The molecule has 1 aromatic carbocycles. The Labute approximate surface area is 124 Å². The fourth-order valence-electron chi connectivity index (χ4n) is 2.07. The molecular formula is C15H12BrN3O. The van der Waals surface area contributed by atoms with Crippen molar-refractivity contribution in [3.63, 3.8) is 0 Å². The van der Waals surface area contributed by atoms with Gasteiger partial charge in [-0.25, -0.2) is 9.67 Å². The van der Waals surface area contributed by atoms with Crippen LogP contribution in [0.3, 0.4) is 0 Å². The van der Waals surface area contributed by atoms with E-state index in [4.69, 9.17) is 0 Å². The van der Waals surface area contributed by atoms with E-state index in [0.717, 1.165) is 15.7 Å². The molecule has 0 unspecified atom stereocenters. The van der Waals surface area contributed by atoms with Crippen molar-refractivity contribution in [2.75, 3.05) is 0 Å². The topological polar surface area (TPSA) is 50.7 Å². The van der Waals surface area contributed by atoms with Crippen molar-refractivity contribution >= 4 is 15.9 Å². The summed E-state index contributed by atoms with van der Waals surface area (Å²) in [5, 5.41) is 3.13. The van der Waals surface area contributed by atoms with Crippen LogP contribution < -0.4 is 5.56 Å². The average Bonchev–Trinajstić information content (AvgIpc) is 2.77. The summed E-state index contributed by atoms with van der Waals surface area (Å²) < 4.78 is 2.34. The minimum Gasteiger partial charge on any atom is -0.289 e. The second-order valence-electron chi connectivity index (χ2n) is 4.45. The van der Waals surface area contributed by atoms with Gasteiger partial charge in [-0.05, 0) is 40.5 Å². The Morgan fingerprint density at radius 1 is 1.15 bits per heavy atom. The zero-order valence-electron chi connectivity index (χ0n) is 10.8. The van der Waals surface area contributed by atoms with Crippen LogP contribution in [0.2, 0.25) is 0 Å². The Hall–Kier alpha value is -2.14. The molecule has 3 rings (SSSR count). The van der Waals surface area contributed by atoms with Gasteiger partial charge in [-0.15, -0.1) is 0 Å². The van der Waals surface area contributed by atoms with Gasteiger partial charge in [-0.3, -0.25) is 9.89 Å². The number of rotatable bonds is 2. The lowest BCUT2D eigenvalue weighted by molar-refractivity contribution is 0.819. The first kappa shape index (κ1) is 12.9. The first-order valence-electron chi connectivity index (χ1n) is 6.16. The van der Waals surface area contributed by atoms with E-state index in [1.165, 1.54) is 4.68 Å². The molecule has 0 aliphatic heterocycles. The molecule has 0 atom stereocenters. The van der Waals surface area contributed by atoms with Gasteiger partial charge in [0.25, 0.3) is 5.56 Å². The lowest BCUT2D eigenvalue weighted by atomic mass is 10.1. The average molecular weight is 330 g/mol. The van der Waals surface area contributed by atoms with E-state index in [0.29, 0.717) is 11.4 Å². The molecule has 0 saturated carbocycles. The predicted octanol–water partition coefficient (Wildman–Crippen LogP) is 3.30. The quantitative estimate of drug-likeness (QED) is 0.784. The standard InChI is InChI=1S/C15H12BrN3O/c1-10-14(11-5-3-2-4-6-11)18-19(15(10)20)13-8-7-12(16)9-17-13/h2-9,18H,1H3. The highest BCUT2D eigenvalue weighted by Gasteiger charge is 2.13. The van der Waals surface area contributed by atoms with Crippen LogP contribution in [0.1, 0.15) is 5.56 Å². The van der Waals surface area contributed by atoms with Gasteiger partial charge >= 0.3 is 0 Å². The third-order valence-corrected chi connectivity index (χ3v) is 3.59. The van der Waals surface area contributed by atoms with Gasteiger partial charge in [0.15, 0.2) is 5.82 Å². The molecular weight excluding hydrogens is 318 g/mol. The van der Waals surface area contributed by atoms with Gasteiger partial charge in [0.1, 0.15) is 0 Å². The maximum atomic E-state index is 12.3. The van der Waals surface area contributed by atoms with Crippen molar-refractivity contribution in [1.29, 1.82) is 0 Å². The van der Waals surface area contributed by atoms with Crippen molar-refractivity contribution < 1.29 is 0 Å². The predicted molar refractivity (Wildman–Crippen MR) is 82.1 cm³/mol. The van der Waals surface area contributed by atoms with E-state index >= 15 is 0 Å². The molecule has 0 bridgehead atoms. The smallest absolute Gasteiger partial charge is 0.276 e. The molecule has 0 aliphatic rings. The number of nitrogens with one attached hydrogen (secondary N) is 1. The van der Waals surface area contributed by atoms with E-state index in [9.17, 15) is 4.79 Å². The number of halogens is 1. The molecule has 2 aromatic heterocycles. The van der Waals surface area contributed by atoms with Crippen molar-refractivity contribution in [3.05, 3.63) is 69.1 Å². The van der Waals surface area contributed by atoms with Crippen LogP contribution in [0.4, 0.5) is 0 Å². The van der Waals surface area contributed by atoms with Gasteiger partial charge in [-0.1, -0.05) is 30.3 Å². The number of aromatic amines is 1. The number of aromatic nitrogens is 3. The van der Waals surface area contributed by atoms with E-state index in [-0.39, 0.29) is 5.56 Å². The van der Waals surface area contributed by atoms with Crippen LogP contribution in [0.15, 0.2) is 57.9 Å². The molecule has 1 N–H and O–H groups in total. The molecule has 20 heavy (non-hydrogen) atoms. The van der Waals surface area contributed by atoms with Crippen LogP contribution in [0.25, 0.3) is 17.1 Å². The number of pyridine rings is 1. The van der Waals surface area contributed by atoms with Crippen molar-refractivity contribution in [2.24, 2.45) is 0 Å². The molecule has 3 aromatic rings. The van der Waals surface area contributed by atoms with E-state index in [1.54, 1.807) is 12.3 Å². The van der Waals surface area contributed by atoms with E-state index < -0.39 is 0 Å². The van der Waals surface area contributed by atoms with Crippen molar-refractivity contribution in [2.45, 2.75) is 6.92 Å². The molecule has 2 heterocycles. The van der Waals surface area contributed by atoms with E-state index in [2.05, 4.69) is 26.0 Å². The molecule has 5 heteroatoms. The van der Waals surface area contributed by atoms with E-state index in [1.807, 2.05) is 43.3 Å². The highest BCUT2D eigenvalue weighted by atomic mass is 79.9. The molecule has 100 valence electrons. The molecule has 0 saturated heterocycles. The first-order valence-corrected chi connectivity index (χ1v) is 6.95. The lowest BCUT2D eigenvalue weighted by Crippen LogP contribution is -2.16. The molecule has 0 aliphatic carbocycles. The van der Waals surface area contributed by atoms with Crippen molar-refractivity contribution in [1.82, 2.24) is 14.8 Å². The summed E-state index contributed by atoms with van der Waals surface area (Å²) in [7, 11) is 0. The Morgan fingerprint density at radius 3 is 2.55 bits per heavy atom. The van der Waals surface area contributed by atoms with Crippen LogP contribution >= 0.6 is 15.9 Å². The minimum atomic E-state index is -0.0846. The third kappa shape index (κ3) is 2.20. The van der Waals surface area contributed by atoms with Gasteiger partial charge in [0.2, 0.25) is 0 Å². The number of hydrogen-bond acceptors (Lipinski definition) is 2. The molecule has 0 fully saturated rings. The highest BCUT2D eigenvalue weighted by molar-refractivity contribution is 9.10. The summed E-state index contributed by atoms with van der Waals surface area (Å²) in [6.07, 6.45) is 1.67. The summed E-state index contributed by atoms with van der Waals surface area (Å²) in [5.41, 5.74) is 2.40. The number of hydrogen-bond donors (Lipinski definition) is 1. The normalized spacial score (nSPS) is 10.7. The van der Waals surface area contributed by atoms with Gasteiger partial charge in [0, 0.05) is 16.2 Å². The number of H-pyrrole nitrogens is 1. The summed E-state index contributed by atoms with van der Waals surface area (Å²) in [4.78, 5) is 16.6. The molecule has 0 radical (unpaired) electrons. The summed E-state index contributed by atoms with van der Waals surface area (Å²) >= 11 is 3.33. The van der Waals surface area contributed by atoms with Gasteiger partial charge in [0.05, 0.1) is 5.69 Å². The second-order valence-corrected chi connectivity index (χ2v) is 5.37. The fourth-order valence-corrected chi connectivity index (χ4v) is 2.30. The monoisotopic (exact) mass is 329 g/mol. The van der Waals surface area contributed by atoms with Gasteiger partial charge in [-0.2, -0.15) is 0 Å². The minimum absolute atomic E-state index is 0.0846. The first-order chi connectivity index (χ1) is 9.66. The summed E-state index contributed by atoms with van der Waals surface area (Å²) in [6.45, 7) is 1.82. The Kier molecular flexibility index (Phi) is 3.28. The molecule has 0 amide bonds. The fraction of sp³-hybridized carbons (Fsp3) is 0.0667. The van der Waals surface area contributed by atoms with Gasteiger partial charge < -0.3 is 0 Å². The van der Waals surface area contributed by atoms with Crippen LogP contribution in [0, 0.1) is 6.92 Å². The largest absolute Gasteiger partial charge is 0.289 e. The molecule has 0 spiro atoms. The summed E-state index contributed by atoms with van der Waals surface area (Å²) in [5.74, 6) is 0.573. The Bertz CT molecular complexity index is 788. The third-order valence-electron chi connectivity index (χ3n) is 3.13. The molecule has 4 nitrogen and oxygen atoms in total. The summed E-state index contributed by atoms with van der Waals surface area (Å²) in [6, 6.07) is 13.4.